The van der Waals surface area contributed by atoms with E-state index in [1.807, 2.05) is 13.0 Å². The first-order chi connectivity index (χ1) is 11.5. The molecule has 0 radical (unpaired) electrons. The quantitative estimate of drug-likeness (QED) is 0.532. The average molecular weight is 328 g/mol. The second-order valence-electron chi connectivity index (χ2n) is 5.92. The van der Waals surface area contributed by atoms with Gasteiger partial charge < -0.3 is 14.2 Å². The predicted molar refractivity (Wildman–Crippen MR) is 94.6 cm³/mol. The molecule has 0 aliphatic rings. The van der Waals surface area contributed by atoms with Gasteiger partial charge in [0.1, 0.15) is 25.2 Å². The highest BCUT2D eigenvalue weighted by Crippen LogP contribution is 2.29. The number of ether oxygens (including phenoxy) is 3. The fourth-order valence-electron chi connectivity index (χ4n) is 2.43. The lowest BCUT2D eigenvalue weighted by molar-refractivity contribution is 0.112. The van der Waals surface area contributed by atoms with Crippen molar-refractivity contribution in [3.63, 3.8) is 0 Å². The third-order valence-corrected chi connectivity index (χ3v) is 3.71. The Morgan fingerprint density at radius 2 is 1.67 bits per heavy atom. The molecule has 0 heterocycles. The van der Waals surface area contributed by atoms with Crippen LogP contribution in [0.1, 0.15) is 41.3 Å². The standard InChI is InChI=1S/C20H24O4/c1-14(2)17-7-5-15(3)11-19(17)23-9-10-24-20-12-16(13-21)6-8-18(20)22-4/h5-8,11-14H,9-10H2,1-4H3. The first kappa shape index (κ1) is 17.9. The molecule has 0 amide bonds. The van der Waals surface area contributed by atoms with Crippen LogP contribution in [0.5, 0.6) is 17.2 Å². The normalized spacial score (nSPS) is 10.5. The summed E-state index contributed by atoms with van der Waals surface area (Å²) >= 11 is 0. The number of rotatable bonds is 8. The van der Waals surface area contributed by atoms with E-state index in [4.69, 9.17) is 14.2 Å². The van der Waals surface area contributed by atoms with Crippen LogP contribution in [0.2, 0.25) is 0 Å². The summed E-state index contributed by atoms with van der Waals surface area (Å²) in [6.45, 7) is 7.11. The van der Waals surface area contributed by atoms with Crippen LogP contribution in [-0.4, -0.2) is 26.6 Å². The van der Waals surface area contributed by atoms with Crippen molar-refractivity contribution in [2.45, 2.75) is 26.7 Å². The van der Waals surface area contributed by atoms with Crippen molar-refractivity contribution < 1.29 is 19.0 Å². The molecule has 24 heavy (non-hydrogen) atoms. The molecular formula is C20H24O4. The van der Waals surface area contributed by atoms with Crippen molar-refractivity contribution in [1.29, 1.82) is 0 Å². The van der Waals surface area contributed by atoms with Gasteiger partial charge in [0.15, 0.2) is 11.5 Å². The van der Waals surface area contributed by atoms with Crippen molar-refractivity contribution in [1.82, 2.24) is 0 Å². The number of aryl methyl sites for hydroxylation is 1. The second-order valence-corrected chi connectivity index (χ2v) is 5.92. The molecule has 2 aromatic rings. The fraction of sp³-hybridized carbons (Fsp3) is 0.350. The molecule has 0 atom stereocenters. The molecule has 0 fully saturated rings. The molecule has 0 saturated heterocycles. The summed E-state index contributed by atoms with van der Waals surface area (Å²) in [5, 5.41) is 0. The van der Waals surface area contributed by atoms with Crippen LogP contribution < -0.4 is 14.2 Å². The van der Waals surface area contributed by atoms with Crippen molar-refractivity contribution in [2.75, 3.05) is 20.3 Å². The van der Waals surface area contributed by atoms with E-state index in [-0.39, 0.29) is 0 Å². The zero-order chi connectivity index (χ0) is 17.5. The maximum Gasteiger partial charge on any atom is 0.162 e. The molecule has 0 spiro atoms. The van der Waals surface area contributed by atoms with Gasteiger partial charge in [-0.15, -0.1) is 0 Å². The van der Waals surface area contributed by atoms with Gasteiger partial charge in [-0.2, -0.15) is 0 Å². The monoisotopic (exact) mass is 328 g/mol. The highest BCUT2D eigenvalue weighted by molar-refractivity contribution is 5.76. The summed E-state index contributed by atoms with van der Waals surface area (Å²) in [4.78, 5) is 10.9. The Balaban J connectivity index is 1.99. The minimum absolute atomic E-state index is 0.365. The van der Waals surface area contributed by atoms with E-state index in [1.165, 1.54) is 5.56 Å². The van der Waals surface area contributed by atoms with E-state index in [1.54, 1.807) is 25.3 Å². The lowest BCUT2D eigenvalue weighted by Crippen LogP contribution is -2.11. The molecule has 0 saturated carbocycles. The van der Waals surface area contributed by atoms with Crippen LogP contribution >= 0.6 is 0 Å². The number of benzene rings is 2. The van der Waals surface area contributed by atoms with Crippen LogP contribution in [-0.2, 0) is 0 Å². The van der Waals surface area contributed by atoms with Gasteiger partial charge in [0.05, 0.1) is 7.11 Å². The molecule has 0 aliphatic carbocycles. The molecule has 4 heteroatoms. The Morgan fingerprint density at radius 1 is 0.958 bits per heavy atom. The first-order valence-corrected chi connectivity index (χ1v) is 8.04. The summed E-state index contributed by atoms with van der Waals surface area (Å²) in [7, 11) is 1.57. The summed E-state index contributed by atoms with van der Waals surface area (Å²) < 4.78 is 16.9. The molecule has 0 aromatic heterocycles. The Bertz CT molecular complexity index is 692. The van der Waals surface area contributed by atoms with Crippen LogP contribution in [0.3, 0.4) is 0 Å². The molecule has 0 N–H and O–H groups in total. The van der Waals surface area contributed by atoms with Gasteiger partial charge in [0.25, 0.3) is 0 Å². The van der Waals surface area contributed by atoms with Gasteiger partial charge in [-0.3, -0.25) is 4.79 Å². The molecule has 0 unspecified atom stereocenters. The fourth-order valence-corrected chi connectivity index (χ4v) is 2.43. The van der Waals surface area contributed by atoms with Gasteiger partial charge in [0.2, 0.25) is 0 Å². The topological polar surface area (TPSA) is 44.8 Å². The Labute approximate surface area is 143 Å². The second kappa shape index (κ2) is 8.39. The van der Waals surface area contributed by atoms with Crippen molar-refractivity contribution in [3.8, 4) is 17.2 Å². The first-order valence-electron chi connectivity index (χ1n) is 8.04. The number of methoxy groups -OCH3 is 1. The summed E-state index contributed by atoms with van der Waals surface area (Å²) in [5.41, 5.74) is 2.89. The van der Waals surface area contributed by atoms with Crippen molar-refractivity contribution in [3.05, 3.63) is 53.1 Å². The Kier molecular flexibility index (Phi) is 6.24. The van der Waals surface area contributed by atoms with E-state index in [0.717, 1.165) is 17.6 Å². The van der Waals surface area contributed by atoms with Gasteiger partial charge in [0, 0.05) is 5.56 Å². The van der Waals surface area contributed by atoms with Gasteiger partial charge in [-0.25, -0.2) is 0 Å². The van der Waals surface area contributed by atoms with Gasteiger partial charge in [-0.1, -0.05) is 26.0 Å². The zero-order valence-corrected chi connectivity index (χ0v) is 14.7. The molecule has 2 rings (SSSR count). The molecular weight excluding hydrogens is 304 g/mol. The van der Waals surface area contributed by atoms with Crippen LogP contribution in [0, 0.1) is 6.92 Å². The molecule has 4 nitrogen and oxygen atoms in total. The summed E-state index contributed by atoms with van der Waals surface area (Å²) in [5.74, 6) is 2.42. The Hall–Kier alpha value is -2.49. The molecule has 0 aliphatic heterocycles. The van der Waals surface area contributed by atoms with Crippen molar-refractivity contribution >= 4 is 6.29 Å². The van der Waals surface area contributed by atoms with Crippen LogP contribution in [0.4, 0.5) is 0 Å². The maximum absolute atomic E-state index is 10.9. The lowest BCUT2D eigenvalue weighted by Gasteiger charge is -2.16. The Morgan fingerprint density at radius 3 is 2.29 bits per heavy atom. The smallest absolute Gasteiger partial charge is 0.162 e. The minimum atomic E-state index is 0.365. The van der Waals surface area contributed by atoms with E-state index in [9.17, 15) is 4.79 Å². The number of aldehydes is 1. The number of hydrogen-bond acceptors (Lipinski definition) is 4. The third kappa shape index (κ3) is 4.51. The average Bonchev–Trinajstić information content (AvgIpc) is 2.58. The summed E-state index contributed by atoms with van der Waals surface area (Å²) in [6.07, 6.45) is 0.782. The predicted octanol–water partition coefficient (Wildman–Crippen LogP) is 4.40. The zero-order valence-electron chi connectivity index (χ0n) is 14.7. The summed E-state index contributed by atoms with van der Waals surface area (Å²) in [6, 6.07) is 11.3. The number of hydrogen-bond donors (Lipinski definition) is 0. The molecule has 128 valence electrons. The molecule has 2 aromatic carbocycles. The van der Waals surface area contributed by atoms with Crippen molar-refractivity contribution in [2.24, 2.45) is 0 Å². The van der Waals surface area contributed by atoms with Gasteiger partial charge in [-0.05, 0) is 48.2 Å². The largest absolute Gasteiger partial charge is 0.493 e. The highest BCUT2D eigenvalue weighted by Gasteiger charge is 2.09. The minimum Gasteiger partial charge on any atom is -0.493 e. The van der Waals surface area contributed by atoms with E-state index in [2.05, 4.69) is 26.0 Å². The molecule has 0 bridgehead atoms. The SMILES string of the molecule is COc1ccc(C=O)cc1OCCOc1cc(C)ccc1C(C)C. The third-order valence-electron chi connectivity index (χ3n) is 3.71. The lowest BCUT2D eigenvalue weighted by atomic mass is 10.0. The number of carbonyl (C=O) groups excluding carboxylic acids is 1. The maximum atomic E-state index is 10.9. The van der Waals surface area contributed by atoms with Crippen LogP contribution in [0.25, 0.3) is 0 Å². The number of carbonyl (C=O) groups is 1. The highest BCUT2D eigenvalue weighted by atomic mass is 16.5. The van der Waals surface area contributed by atoms with Gasteiger partial charge >= 0.3 is 0 Å². The van der Waals surface area contributed by atoms with E-state index < -0.39 is 0 Å². The van der Waals surface area contributed by atoms with E-state index >= 15 is 0 Å². The van der Waals surface area contributed by atoms with Crippen LogP contribution in [0.15, 0.2) is 36.4 Å². The van der Waals surface area contributed by atoms with E-state index in [0.29, 0.717) is 36.2 Å².